The summed E-state index contributed by atoms with van der Waals surface area (Å²) >= 11 is 1.88. The van der Waals surface area contributed by atoms with Crippen molar-refractivity contribution in [3.63, 3.8) is 0 Å². The van der Waals surface area contributed by atoms with Crippen LogP contribution in [0.2, 0.25) is 0 Å². The van der Waals surface area contributed by atoms with Crippen molar-refractivity contribution >= 4 is 55.1 Å². The zero-order valence-electron chi connectivity index (χ0n) is 24.9. The average Bonchev–Trinajstić information content (AvgIpc) is 3.48. The van der Waals surface area contributed by atoms with Crippen LogP contribution < -0.4 is 0 Å². The maximum atomic E-state index is 2.45. The minimum Gasteiger partial charge on any atom is -0.309 e. The predicted molar refractivity (Wildman–Crippen MR) is 196 cm³/mol. The van der Waals surface area contributed by atoms with E-state index in [1.165, 1.54) is 92.2 Å². The van der Waals surface area contributed by atoms with Crippen LogP contribution in [-0.4, -0.2) is 4.57 Å². The van der Waals surface area contributed by atoms with Gasteiger partial charge in [0.2, 0.25) is 0 Å². The molecule has 0 radical (unpaired) electrons. The molecule has 1 aliphatic heterocycles. The number of hydrogen-bond acceptors (Lipinski definition) is 1. The molecule has 46 heavy (non-hydrogen) atoms. The molecule has 0 saturated heterocycles. The largest absolute Gasteiger partial charge is 0.309 e. The van der Waals surface area contributed by atoms with Crippen LogP contribution in [0, 0.1) is 0 Å². The molecular formula is C44H27NS. The van der Waals surface area contributed by atoms with Crippen LogP contribution in [-0.2, 0) is 0 Å². The Bertz CT molecular complexity index is 2660. The number of nitrogens with zero attached hydrogens (tertiary/aromatic N) is 1. The Labute approximate surface area is 271 Å². The summed E-state index contributed by atoms with van der Waals surface area (Å²) in [6.07, 6.45) is 0. The molecular weight excluding hydrogens is 575 g/mol. The van der Waals surface area contributed by atoms with E-state index < -0.39 is 0 Å². The molecule has 0 atom stereocenters. The molecule has 0 amide bonds. The fraction of sp³-hybridized carbons (Fsp3) is 0. The maximum absolute atomic E-state index is 2.45. The second-order valence-electron chi connectivity index (χ2n) is 12.0. The third-order valence-electron chi connectivity index (χ3n) is 9.58. The van der Waals surface area contributed by atoms with E-state index in [1.54, 1.807) is 0 Å². The highest BCUT2D eigenvalue weighted by atomic mass is 32.2. The summed E-state index contributed by atoms with van der Waals surface area (Å²) in [5.41, 5.74) is 11.3. The SMILES string of the molecule is c1ccc(-n2c3ccccc3c3c(-c4ccccc4-c4ccc5c6c(cccc46)-c4ccccc4S5)cc4ccccc4c32)cc1. The van der Waals surface area contributed by atoms with Crippen LogP contribution in [0.5, 0.6) is 0 Å². The third-order valence-corrected chi connectivity index (χ3v) is 10.7. The van der Waals surface area contributed by atoms with Gasteiger partial charge in [0, 0.05) is 37.0 Å². The van der Waals surface area contributed by atoms with E-state index in [4.69, 9.17) is 0 Å². The lowest BCUT2D eigenvalue weighted by Gasteiger charge is -2.22. The molecule has 9 aromatic rings. The summed E-state index contributed by atoms with van der Waals surface area (Å²) in [5, 5.41) is 7.71. The molecule has 2 heterocycles. The van der Waals surface area contributed by atoms with E-state index >= 15 is 0 Å². The standard InChI is InChI=1S/C44H27NS/c1-2-14-29(15-3-1)45-39-23-10-8-20-37(39)43-38(27-28-13-4-5-16-30(28)44(43)45)32-18-7-6-17-31(32)33-25-26-41-42-35(33)21-12-22-36(42)34-19-9-11-24-40(34)46-41/h1-27H. The topological polar surface area (TPSA) is 4.93 Å². The summed E-state index contributed by atoms with van der Waals surface area (Å²) in [4.78, 5) is 2.65. The van der Waals surface area contributed by atoms with Gasteiger partial charge in [0.25, 0.3) is 0 Å². The molecule has 8 aromatic carbocycles. The molecule has 214 valence electrons. The lowest BCUT2D eigenvalue weighted by molar-refractivity contribution is 1.19. The van der Waals surface area contributed by atoms with Crippen molar-refractivity contribution < 1.29 is 0 Å². The van der Waals surface area contributed by atoms with Crippen molar-refractivity contribution in [1.82, 2.24) is 4.57 Å². The van der Waals surface area contributed by atoms with E-state index in [-0.39, 0.29) is 0 Å². The quantitative estimate of drug-likeness (QED) is 0.195. The molecule has 0 fully saturated rings. The Kier molecular flexibility index (Phi) is 5.58. The second-order valence-corrected chi connectivity index (χ2v) is 13.1. The van der Waals surface area contributed by atoms with Crippen molar-refractivity contribution in [2.75, 3.05) is 0 Å². The number of rotatable bonds is 3. The van der Waals surface area contributed by atoms with Gasteiger partial charge in [-0.05, 0) is 80.6 Å². The van der Waals surface area contributed by atoms with Crippen LogP contribution >= 0.6 is 11.8 Å². The molecule has 0 aliphatic carbocycles. The molecule has 1 aliphatic rings. The van der Waals surface area contributed by atoms with Crippen molar-refractivity contribution in [1.29, 1.82) is 0 Å². The zero-order valence-corrected chi connectivity index (χ0v) is 25.8. The summed E-state index contributed by atoms with van der Waals surface area (Å²) in [7, 11) is 0. The Morgan fingerprint density at radius 1 is 0.370 bits per heavy atom. The third kappa shape index (κ3) is 3.65. The normalized spacial score (nSPS) is 12.3. The van der Waals surface area contributed by atoms with Crippen LogP contribution in [0.3, 0.4) is 0 Å². The number of aromatic nitrogens is 1. The molecule has 0 unspecified atom stereocenters. The molecule has 0 saturated carbocycles. The Hall–Kier alpha value is -5.57. The summed E-state index contributed by atoms with van der Waals surface area (Å²) in [6, 6.07) is 60.2. The van der Waals surface area contributed by atoms with Gasteiger partial charge in [0.15, 0.2) is 0 Å². The van der Waals surface area contributed by atoms with Crippen LogP contribution in [0.4, 0.5) is 0 Å². The molecule has 1 nitrogen and oxygen atoms in total. The molecule has 0 spiro atoms. The summed E-state index contributed by atoms with van der Waals surface area (Å²) in [6.45, 7) is 0. The zero-order chi connectivity index (χ0) is 30.2. The number of hydrogen-bond donors (Lipinski definition) is 0. The Morgan fingerprint density at radius 3 is 1.89 bits per heavy atom. The number of para-hydroxylation sites is 2. The van der Waals surface area contributed by atoms with Gasteiger partial charge in [-0.1, -0.05) is 139 Å². The van der Waals surface area contributed by atoms with Gasteiger partial charge in [-0.25, -0.2) is 0 Å². The first-order valence-corrected chi connectivity index (χ1v) is 16.6. The van der Waals surface area contributed by atoms with Gasteiger partial charge in [0.05, 0.1) is 11.0 Å². The Balaban J connectivity index is 1.32. The monoisotopic (exact) mass is 601 g/mol. The molecule has 2 heteroatoms. The van der Waals surface area contributed by atoms with Crippen molar-refractivity contribution in [3.05, 3.63) is 164 Å². The lowest BCUT2D eigenvalue weighted by Crippen LogP contribution is -1.95. The van der Waals surface area contributed by atoms with Crippen LogP contribution in [0.15, 0.2) is 174 Å². The van der Waals surface area contributed by atoms with E-state index in [0.717, 1.165) is 0 Å². The maximum Gasteiger partial charge on any atom is 0.0625 e. The van der Waals surface area contributed by atoms with E-state index in [2.05, 4.69) is 168 Å². The van der Waals surface area contributed by atoms with Crippen LogP contribution in [0.1, 0.15) is 0 Å². The van der Waals surface area contributed by atoms with Crippen LogP contribution in [0.25, 0.3) is 82.4 Å². The fourth-order valence-corrected chi connectivity index (χ4v) is 8.79. The average molecular weight is 602 g/mol. The van der Waals surface area contributed by atoms with E-state index in [1.807, 2.05) is 11.8 Å². The molecule has 0 N–H and O–H groups in total. The Morgan fingerprint density at radius 2 is 1.02 bits per heavy atom. The van der Waals surface area contributed by atoms with Crippen molar-refractivity contribution in [3.8, 4) is 39.1 Å². The van der Waals surface area contributed by atoms with E-state index in [0.29, 0.717) is 0 Å². The van der Waals surface area contributed by atoms with Gasteiger partial charge in [-0.2, -0.15) is 0 Å². The highest BCUT2D eigenvalue weighted by Gasteiger charge is 2.23. The predicted octanol–water partition coefficient (Wildman–Crippen LogP) is 12.6. The summed E-state index contributed by atoms with van der Waals surface area (Å²) < 4.78 is 2.45. The summed E-state index contributed by atoms with van der Waals surface area (Å²) in [5.74, 6) is 0. The van der Waals surface area contributed by atoms with E-state index in [9.17, 15) is 0 Å². The lowest BCUT2D eigenvalue weighted by atomic mass is 9.87. The second kappa shape index (κ2) is 9.97. The number of fused-ring (bicyclic) bond motifs is 7. The first kappa shape index (κ1) is 25.7. The first-order chi connectivity index (χ1) is 22.8. The van der Waals surface area contributed by atoms with Gasteiger partial charge in [-0.3, -0.25) is 0 Å². The highest BCUT2D eigenvalue weighted by molar-refractivity contribution is 7.99. The van der Waals surface area contributed by atoms with Gasteiger partial charge in [-0.15, -0.1) is 0 Å². The van der Waals surface area contributed by atoms with Crippen molar-refractivity contribution in [2.24, 2.45) is 0 Å². The first-order valence-electron chi connectivity index (χ1n) is 15.8. The van der Waals surface area contributed by atoms with Crippen molar-refractivity contribution in [2.45, 2.75) is 9.79 Å². The smallest absolute Gasteiger partial charge is 0.0625 e. The van der Waals surface area contributed by atoms with Gasteiger partial charge < -0.3 is 4.57 Å². The van der Waals surface area contributed by atoms with Gasteiger partial charge in [0.1, 0.15) is 0 Å². The highest BCUT2D eigenvalue weighted by Crippen LogP contribution is 2.51. The molecule has 10 rings (SSSR count). The minimum absolute atomic E-state index is 1.17. The minimum atomic E-state index is 1.17. The number of benzene rings is 8. The molecule has 1 aromatic heterocycles. The molecule has 0 bridgehead atoms. The fourth-order valence-electron chi connectivity index (χ4n) is 7.66. The van der Waals surface area contributed by atoms with Gasteiger partial charge >= 0.3 is 0 Å².